The predicted octanol–water partition coefficient (Wildman–Crippen LogP) is 3.52. The van der Waals surface area contributed by atoms with Crippen LogP contribution in [0.5, 0.6) is 0 Å². The van der Waals surface area contributed by atoms with Crippen molar-refractivity contribution >= 4 is 22.4 Å². The summed E-state index contributed by atoms with van der Waals surface area (Å²) >= 11 is 1.07. The number of anilines is 1. The third kappa shape index (κ3) is 4.60. The van der Waals surface area contributed by atoms with E-state index in [0.29, 0.717) is 28.5 Å². The van der Waals surface area contributed by atoms with E-state index in [1.54, 1.807) is 13.8 Å². The van der Waals surface area contributed by atoms with Gasteiger partial charge in [0.05, 0.1) is 23.8 Å². The van der Waals surface area contributed by atoms with Crippen LogP contribution >= 0.6 is 11.3 Å². The summed E-state index contributed by atoms with van der Waals surface area (Å²) in [7, 11) is 0. The van der Waals surface area contributed by atoms with Crippen LogP contribution in [0.15, 0.2) is 0 Å². The largest absolute Gasteiger partial charge is 0.462 e. The van der Waals surface area contributed by atoms with Crippen molar-refractivity contribution in [1.82, 2.24) is 4.98 Å². The molecular formula is C15H21F3N2O3S. The van der Waals surface area contributed by atoms with Gasteiger partial charge in [-0.15, -0.1) is 0 Å². The van der Waals surface area contributed by atoms with Crippen molar-refractivity contribution in [3.05, 3.63) is 10.6 Å². The molecule has 0 spiro atoms. The van der Waals surface area contributed by atoms with Gasteiger partial charge in [0.1, 0.15) is 4.88 Å². The first kappa shape index (κ1) is 19.0. The lowest BCUT2D eigenvalue weighted by Crippen LogP contribution is -2.45. The zero-order valence-corrected chi connectivity index (χ0v) is 14.4. The molecule has 2 rings (SSSR count). The number of nitrogens with zero attached hydrogens (tertiary/aromatic N) is 1. The first-order valence-electron chi connectivity index (χ1n) is 7.82. The van der Waals surface area contributed by atoms with Crippen molar-refractivity contribution in [3.63, 3.8) is 0 Å². The highest BCUT2D eigenvalue weighted by Gasteiger charge is 2.46. The molecule has 2 atom stereocenters. The Kier molecular flexibility index (Phi) is 5.74. The molecule has 0 saturated heterocycles. The fraction of sp³-hybridized carbons (Fsp3) is 0.733. The molecule has 1 aliphatic rings. The van der Waals surface area contributed by atoms with Crippen LogP contribution in [0.2, 0.25) is 0 Å². The van der Waals surface area contributed by atoms with E-state index < -0.39 is 23.7 Å². The summed E-state index contributed by atoms with van der Waals surface area (Å²) in [6.45, 7) is 3.57. The second kappa shape index (κ2) is 7.26. The van der Waals surface area contributed by atoms with E-state index in [4.69, 9.17) is 4.74 Å². The lowest BCUT2D eigenvalue weighted by molar-refractivity contribution is -0.199. The molecule has 0 bridgehead atoms. The van der Waals surface area contributed by atoms with Crippen molar-refractivity contribution in [2.24, 2.45) is 5.92 Å². The zero-order chi connectivity index (χ0) is 18.0. The first-order valence-corrected chi connectivity index (χ1v) is 8.64. The molecule has 1 aromatic rings. The lowest BCUT2D eigenvalue weighted by Gasteiger charge is -2.37. The molecule has 5 nitrogen and oxygen atoms in total. The Hall–Kier alpha value is -1.35. The van der Waals surface area contributed by atoms with Gasteiger partial charge in [0.25, 0.3) is 0 Å². The standard InChI is InChI=1S/C15H21F3N2O3S/c1-3-23-12(21)11-9(2)20-13(24-11)19-8-14(22)6-4-5-10(7-14)15(16,17)18/h10,22H,3-8H2,1-2H3,(H,19,20). The quantitative estimate of drug-likeness (QED) is 0.780. The van der Waals surface area contributed by atoms with Gasteiger partial charge in [-0.1, -0.05) is 11.3 Å². The number of halogens is 3. The number of alkyl halides is 3. The molecule has 24 heavy (non-hydrogen) atoms. The summed E-state index contributed by atoms with van der Waals surface area (Å²) in [5.74, 6) is -1.96. The topological polar surface area (TPSA) is 71.5 Å². The summed E-state index contributed by atoms with van der Waals surface area (Å²) < 4.78 is 43.5. The highest BCUT2D eigenvalue weighted by Crippen LogP contribution is 2.41. The van der Waals surface area contributed by atoms with Crippen molar-refractivity contribution < 1.29 is 27.8 Å². The number of carbonyl (C=O) groups is 1. The van der Waals surface area contributed by atoms with Crippen molar-refractivity contribution in [1.29, 1.82) is 0 Å². The minimum absolute atomic E-state index is 0.0329. The summed E-state index contributed by atoms with van der Waals surface area (Å²) in [6, 6.07) is 0. The molecule has 136 valence electrons. The molecule has 0 radical (unpaired) electrons. The van der Waals surface area contributed by atoms with E-state index in [-0.39, 0.29) is 26.0 Å². The van der Waals surface area contributed by atoms with Gasteiger partial charge >= 0.3 is 12.1 Å². The van der Waals surface area contributed by atoms with E-state index in [1.165, 1.54) is 0 Å². The van der Waals surface area contributed by atoms with Gasteiger partial charge in [-0.25, -0.2) is 9.78 Å². The molecule has 1 aliphatic carbocycles. The number of rotatable bonds is 5. The number of esters is 1. The molecule has 0 amide bonds. The highest BCUT2D eigenvalue weighted by molar-refractivity contribution is 7.17. The third-order valence-corrected chi connectivity index (χ3v) is 5.21. The molecule has 1 heterocycles. The fourth-order valence-electron chi connectivity index (χ4n) is 2.88. The summed E-state index contributed by atoms with van der Waals surface area (Å²) in [5.41, 5.74) is -0.938. The van der Waals surface area contributed by atoms with Crippen molar-refractivity contribution in [2.45, 2.75) is 51.3 Å². The number of nitrogens with one attached hydrogen (secondary N) is 1. The van der Waals surface area contributed by atoms with E-state index >= 15 is 0 Å². The Labute approximate surface area is 142 Å². The average molecular weight is 366 g/mol. The van der Waals surface area contributed by atoms with Gasteiger partial charge in [-0.05, 0) is 39.5 Å². The molecule has 1 saturated carbocycles. The second-order valence-corrected chi connectivity index (χ2v) is 7.07. The maximum absolute atomic E-state index is 12.9. The van der Waals surface area contributed by atoms with Gasteiger partial charge in [-0.2, -0.15) is 13.2 Å². The van der Waals surface area contributed by atoms with Crippen LogP contribution in [0.4, 0.5) is 18.3 Å². The predicted molar refractivity (Wildman–Crippen MR) is 84.3 cm³/mol. The SMILES string of the molecule is CCOC(=O)c1sc(NCC2(O)CCCC(C(F)(F)F)C2)nc1C. The monoisotopic (exact) mass is 366 g/mol. The van der Waals surface area contributed by atoms with Crippen LogP contribution in [0, 0.1) is 12.8 Å². The van der Waals surface area contributed by atoms with E-state index in [0.717, 1.165) is 11.3 Å². The van der Waals surface area contributed by atoms with Crippen LogP contribution in [0.3, 0.4) is 0 Å². The number of thiazole rings is 1. The molecule has 2 N–H and O–H groups in total. The van der Waals surface area contributed by atoms with E-state index in [1.807, 2.05) is 0 Å². The smallest absolute Gasteiger partial charge is 0.391 e. The summed E-state index contributed by atoms with van der Waals surface area (Å²) in [6.07, 6.45) is -3.92. The fourth-order valence-corrected chi connectivity index (χ4v) is 3.73. The normalized spacial score (nSPS) is 24.7. The Morgan fingerprint density at radius 3 is 2.88 bits per heavy atom. The molecule has 1 aromatic heterocycles. The number of aliphatic hydroxyl groups is 1. The molecular weight excluding hydrogens is 345 g/mol. The number of hydrogen-bond donors (Lipinski definition) is 2. The van der Waals surface area contributed by atoms with Crippen molar-refractivity contribution in [2.75, 3.05) is 18.5 Å². The number of ether oxygens (including phenoxy) is 1. The highest BCUT2D eigenvalue weighted by atomic mass is 32.1. The van der Waals surface area contributed by atoms with Crippen LogP contribution < -0.4 is 5.32 Å². The number of aromatic nitrogens is 1. The Morgan fingerprint density at radius 1 is 1.54 bits per heavy atom. The minimum Gasteiger partial charge on any atom is -0.462 e. The van der Waals surface area contributed by atoms with E-state index in [2.05, 4.69) is 10.3 Å². The number of hydrogen-bond acceptors (Lipinski definition) is 6. The lowest BCUT2D eigenvalue weighted by atomic mass is 9.77. The van der Waals surface area contributed by atoms with Crippen LogP contribution in [-0.2, 0) is 4.74 Å². The number of aryl methyl sites for hydroxylation is 1. The molecule has 9 heteroatoms. The van der Waals surface area contributed by atoms with E-state index in [9.17, 15) is 23.1 Å². The molecule has 1 fully saturated rings. The average Bonchev–Trinajstić information content (AvgIpc) is 2.86. The molecule has 0 aliphatic heterocycles. The second-order valence-electron chi connectivity index (χ2n) is 6.07. The van der Waals surface area contributed by atoms with Crippen LogP contribution in [0.25, 0.3) is 0 Å². The maximum Gasteiger partial charge on any atom is 0.391 e. The number of carbonyl (C=O) groups excluding carboxylic acids is 1. The summed E-state index contributed by atoms with van der Waals surface area (Å²) in [5, 5.41) is 13.7. The minimum atomic E-state index is -4.29. The maximum atomic E-state index is 12.9. The van der Waals surface area contributed by atoms with Crippen molar-refractivity contribution in [3.8, 4) is 0 Å². The van der Waals surface area contributed by atoms with Crippen LogP contribution in [-0.4, -0.2) is 41.0 Å². The third-order valence-electron chi connectivity index (χ3n) is 4.11. The van der Waals surface area contributed by atoms with Gasteiger partial charge in [0, 0.05) is 6.54 Å². The van der Waals surface area contributed by atoms with Gasteiger partial charge in [-0.3, -0.25) is 0 Å². The first-order chi connectivity index (χ1) is 11.1. The molecule has 2 unspecified atom stereocenters. The zero-order valence-electron chi connectivity index (χ0n) is 13.6. The van der Waals surface area contributed by atoms with Gasteiger partial charge in [0.15, 0.2) is 5.13 Å². The van der Waals surface area contributed by atoms with Gasteiger partial charge < -0.3 is 15.2 Å². The Bertz CT molecular complexity index is 591. The summed E-state index contributed by atoms with van der Waals surface area (Å²) in [4.78, 5) is 16.3. The Morgan fingerprint density at radius 2 is 2.25 bits per heavy atom. The van der Waals surface area contributed by atoms with Crippen LogP contribution in [0.1, 0.15) is 48.0 Å². The van der Waals surface area contributed by atoms with Gasteiger partial charge in [0.2, 0.25) is 0 Å². The molecule has 0 aromatic carbocycles. The Balaban J connectivity index is 2.00.